The van der Waals surface area contributed by atoms with Gasteiger partial charge in [-0.15, -0.1) is 11.3 Å². The number of nitrogens with zero attached hydrogens (tertiary/aromatic N) is 1. The molecule has 0 amide bonds. The zero-order valence-corrected chi connectivity index (χ0v) is 14.6. The molecular weight excluding hydrogens is 350 g/mol. The lowest BCUT2D eigenvalue weighted by Crippen LogP contribution is -2.35. The van der Waals surface area contributed by atoms with Gasteiger partial charge in [-0.1, -0.05) is 48.5 Å². The number of aromatic nitrogens is 1. The van der Waals surface area contributed by atoms with Crippen LogP contribution in [0, 0.1) is 0 Å². The third-order valence-electron chi connectivity index (χ3n) is 4.09. The van der Waals surface area contributed by atoms with E-state index in [-0.39, 0.29) is 6.61 Å². The fourth-order valence-corrected chi connectivity index (χ4v) is 3.62. The van der Waals surface area contributed by atoms with Crippen molar-refractivity contribution in [2.45, 2.75) is 19.1 Å². The normalized spacial score (nSPS) is 15.8. The second kappa shape index (κ2) is 7.09. The van der Waals surface area contributed by atoms with Crippen molar-refractivity contribution in [3.8, 4) is 10.6 Å². The van der Waals surface area contributed by atoms with E-state index in [9.17, 15) is 9.59 Å². The summed E-state index contributed by atoms with van der Waals surface area (Å²) in [6, 6.07) is 16.9. The molecule has 6 heteroatoms. The van der Waals surface area contributed by atoms with Crippen LogP contribution < -0.4 is 0 Å². The Bertz CT molecular complexity index is 951. The molecule has 0 saturated heterocycles. The van der Waals surface area contributed by atoms with E-state index in [2.05, 4.69) is 4.98 Å². The Labute approximate surface area is 154 Å². The van der Waals surface area contributed by atoms with Crippen molar-refractivity contribution in [1.29, 1.82) is 0 Å². The number of fused-ring (bicyclic) bond motifs is 1. The maximum Gasteiger partial charge on any atom is 0.348 e. The standard InChI is InChI=1S/C20H15NO4S/c22-19-16-9-5-4-8-14(16)10-17(25-19)20(23)24-12-15-11-21-18(26-15)13-6-2-1-3-7-13/h1-9,11,17H,10,12H2/t17-/m0/s1. The van der Waals surface area contributed by atoms with E-state index in [1.807, 2.05) is 42.5 Å². The van der Waals surface area contributed by atoms with Crippen LogP contribution in [0.3, 0.4) is 0 Å². The zero-order valence-electron chi connectivity index (χ0n) is 13.8. The van der Waals surface area contributed by atoms with Crippen molar-refractivity contribution in [2.24, 2.45) is 0 Å². The molecule has 0 spiro atoms. The van der Waals surface area contributed by atoms with E-state index in [1.165, 1.54) is 11.3 Å². The van der Waals surface area contributed by atoms with Gasteiger partial charge in [0, 0.05) is 18.2 Å². The van der Waals surface area contributed by atoms with Crippen molar-refractivity contribution in [3.63, 3.8) is 0 Å². The largest absolute Gasteiger partial charge is 0.457 e. The quantitative estimate of drug-likeness (QED) is 0.661. The summed E-state index contributed by atoms with van der Waals surface area (Å²) in [6.07, 6.45) is 1.13. The minimum atomic E-state index is -0.904. The molecule has 0 saturated carbocycles. The number of carbonyl (C=O) groups excluding carboxylic acids is 2. The maximum absolute atomic E-state index is 12.3. The molecule has 0 bridgehead atoms. The van der Waals surface area contributed by atoms with Gasteiger partial charge in [-0.05, 0) is 11.6 Å². The summed E-state index contributed by atoms with van der Waals surface area (Å²) in [7, 11) is 0. The second-order valence-electron chi connectivity index (χ2n) is 5.86. The fourth-order valence-electron chi connectivity index (χ4n) is 2.79. The summed E-state index contributed by atoms with van der Waals surface area (Å²) in [6.45, 7) is 0.110. The minimum Gasteiger partial charge on any atom is -0.457 e. The van der Waals surface area contributed by atoms with Crippen LogP contribution in [0.5, 0.6) is 0 Å². The summed E-state index contributed by atoms with van der Waals surface area (Å²) in [5.41, 5.74) is 2.33. The monoisotopic (exact) mass is 365 g/mol. The van der Waals surface area contributed by atoms with Gasteiger partial charge in [-0.3, -0.25) is 0 Å². The molecule has 2 heterocycles. The van der Waals surface area contributed by atoms with Gasteiger partial charge in [0.1, 0.15) is 11.6 Å². The summed E-state index contributed by atoms with van der Waals surface area (Å²) < 4.78 is 10.5. The Morgan fingerprint density at radius 1 is 1.15 bits per heavy atom. The Morgan fingerprint density at radius 2 is 1.92 bits per heavy atom. The van der Waals surface area contributed by atoms with Crippen LogP contribution in [-0.2, 0) is 27.3 Å². The lowest BCUT2D eigenvalue weighted by atomic mass is 9.99. The van der Waals surface area contributed by atoms with Crippen LogP contribution in [0.15, 0.2) is 60.8 Å². The molecule has 0 radical (unpaired) electrons. The van der Waals surface area contributed by atoms with Gasteiger partial charge in [0.2, 0.25) is 6.10 Å². The number of esters is 2. The van der Waals surface area contributed by atoms with Crippen LogP contribution in [0.1, 0.15) is 20.8 Å². The molecule has 1 aliphatic rings. The van der Waals surface area contributed by atoms with Gasteiger partial charge in [0.15, 0.2) is 0 Å². The first-order valence-electron chi connectivity index (χ1n) is 8.16. The van der Waals surface area contributed by atoms with E-state index >= 15 is 0 Å². The molecule has 1 atom stereocenters. The van der Waals surface area contributed by atoms with Crippen LogP contribution in [0.4, 0.5) is 0 Å². The Hall–Kier alpha value is -2.99. The Morgan fingerprint density at radius 3 is 2.77 bits per heavy atom. The maximum atomic E-state index is 12.3. The van der Waals surface area contributed by atoms with Crippen LogP contribution in [0.2, 0.25) is 0 Å². The lowest BCUT2D eigenvalue weighted by Gasteiger charge is -2.22. The number of hydrogen-bond acceptors (Lipinski definition) is 6. The highest BCUT2D eigenvalue weighted by atomic mass is 32.1. The first-order chi connectivity index (χ1) is 12.7. The number of hydrogen-bond donors (Lipinski definition) is 0. The van der Waals surface area contributed by atoms with Crippen molar-refractivity contribution in [3.05, 3.63) is 76.8 Å². The van der Waals surface area contributed by atoms with E-state index in [4.69, 9.17) is 9.47 Å². The molecule has 0 N–H and O–H groups in total. The summed E-state index contributed by atoms with van der Waals surface area (Å²) in [5.74, 6) is -1.03. The van der Waals surface area contributed by atoms with Gasteiger partial charge < -0.3 is 9.47 Å². The molecule has 5 nitrogen and oxygen atoms in total. The van der Waals surface area contributed by atoms with E-state index in [1.54, 1.807) is 18.3 Å². The van der Waals surface area contributed by atoms with Gasteiger partial charge in [0.25, 0.3) is 0 Å². The third-order valence-corrected chi connectivity index (χ3v) is 5.11. The molecule has 0 aliphatic carbocycles. The molecule has 4 rings (SSSR count). The number of benzene rings is 2. The second-order valence-corrected chi connectivity index (χ2v) is 6.98. The third kappa shape index (κ3) is 3.36. The van der Waals surface area contributed by atoms with Crippen LogP contribution >= 0.6 is 11.3 Å². The van der Waals surface area contributed by atoms with Crippen molar-refractivity contribution in [2.75, 3.05) is 0 Å². The molecule has 26 heavy (non-hydrogen) atoms. The number of ether oxygens (including phenoxy) is 2. The van der Waals surface area contributed by atoms with Gasteiger partial charge >= 0.3 is 11.9 Å². The summed E-state index contributed by atoms with van der Waals surface area (Å²) >= 11 is 1.47. The smallest absolute Gasteiger partial charge is 0.348 e. The van der Waals surface area contributed by atoms with Crippen molar-refractivity contribution in [1.82, 2.24) is 4.98 Å². The molecule has 0 fully saturated rings. The van der Waals surface area contributed by atoms with Crippen molar-refractivity contribution >= 4 is 23.3 Å². The molecule has 3 aromatic rings. The van der Waals surface area contributed by atoms with Gasteiger partial charge in [-0.2, -0.15) is 0 Å². The van der Waals surface area contributed by atoms with E-state index in [0.717, 1.165) is 21.0 Å². The number of cyclic esters (lactones) is 1. The minimum absolute atomic E-state index is 0.110. The first kappa shape index (κ1) is 16.5. The lowest BCUT2D eigenvalue weighted by molar-refractivity contribution is -0.155. The van der Waals surface area contributed by atoms with Crippen LogP contribution in [-0.4, -0.2) is 23.0 Å². The summed E-state index contributed by atoms with van der Waals surface area (Å²) in [5, 5.41) is 0.870. The zero-order chi connectivity index (χ0) is 17.9. The average molecular weight is 365 g/mol. The SMILES string of the molecule is O=C1O[C@H](C(=O)OCc2cnc(-c3ccccc3)s2)Cc2ccccc21. The predicted octanol–water partition coefficient (Wildman–Crippen LogP) is 3.64. The molecule has 1 aliphatic heterocycles. The molecule has 1 aromatic heterocycles. The van der Waals surface area contributed by atoms with E-state index in [0.29, 0.717) is 12.0 Å². The number of thiazole rings is 1. The Balaban J connectivity index is 1.39. The first-order valence-corrected chi connectivity index (χ1v) is 8.98. The van der Waals surface area contributed by atoms with Gasteiger partial charge in [0.05, 0.1) is 10.4 Å². The predicted molar refractivity (Wildman–Crippen MR) is 96.7 cm³/mol. The highest BCUT2D eigenvalue weighted by molar-refractivity contribution is 7.15. The Kier molecular flexibility index (Phi) is 4.50. The highest BCUT2D eigenvalue weighted by Gasteiger charge is 2.32. The molecule has 2 aromatic carbocycles. The topological polar surface area (TPSA) is 65.5 Å². The molecule has 130 valence electrons. The molecule has 0 unspecified atom stereocenters. The van der Waals surface area contributed by atoms with Crippen molar-refractivity contribution < 1.29 is 19.1 Å². The fraction of sp³-hybridized carbons (Fsp3) is 0.150. The van der Waals surface area contributed by atoms with E-state index < -0.39 is 18.0 Å². The highest BCUT2D eigenvalue weighted by Crippen LogP contribution is 2.26. The number of rotatable bonds is 4. The average Bonchev–Trinajstić information content (AvgIpc) is 3.16. The van der Waals surface area contributed by atoms with Gasteiger partial charge in [-0.25, -0.2) is 14.6 Å². The summed E-state index contributed by atoms with van der Waals surface area (Å²) in [4.78, 5) is 29.5. The van der Waals surface area contributed by atoms with Crippen LogP contribution in [0.25, 0.3) is 10.6 Å². The number of carbonyl (C=O) groups is 2. The molecular formula is C20H15NO4S.